The van der Waals surface area contributed by atoms with Crippen LogP contribution in [0, 0.1) is 0 Å². The SMILES string of the molecule is C=CCN1CCC2(CC1)CN(C(=O)c1cccc(C(Cl)Cl)c1)c1ccccc12. The Balaban J connectivity index is 1.64. The molecule has 0 saturated carbocycles. The summed E-state index contributed by atoms with van der Waals surface area (Å²) in [6.07, 6.45) is 4.06. The number of benzene rings is 2. The molecule has 0 aliphatic carbocycles. The van der Waals surface area contributed by atoms with Gasteiger partial charge in [-0.2, -0.15) is 0 Å². The van der Waals surface area contributed by atoms with E-state index in [1.165, 1.54) is 5.56 Å². The predicted octanol–water partition coefficient (Wildman–Crippen LogP) is 5.34. The standard InChI is InChI=1S/C23H24Cl2N2O/c1-2-12-26-13-10-23(11-14-26)16-27(20-9-4-3-8-19(20)23)22(28)18-7-5-6-17(15-18)21(24)25/h2-9,15,21H,1,10-14,16H2. The molecule has 0 radical (unpaired) electrons. The Bertz CT molecular complexity index is 888. The second-order valence-corrected chi connectivity index (χ2v) is 8.80. The lowest BCUT2D eigenvalue weighted by Crippen LogP contribution is -2.46. The summed E-state index contributed by atoms with van der Waals surface area (Å²) in [4.78, 5) is 17.1. The minimum atomic E-state index is -0.640. The van der Waals surface area contributed by atoms with Crippen LogP contribution in [0.25, 0.3) is 0 Å². The van der Waals surface area contributed by atoms with Crippen molar-refractivity contribution in [1.29, 1.82) is 0 Å². The van der Waals surface area contributed by atoms with Crippen LogP contribution in [0.1, 0.15) is 39.2 Å². The molecule has 146 valence electrons. The Labute approximate surface area is 176 Å². The van der Waals surface area contributed by atoms with Crippen molar-refractivity contribution in [3.05, 3.63) is 77.9 Å². The molecule has 0 atom stereocenters. The average molecular weight is 415 g/mol. The van der Waals surface area contributed by atoms with Crippen LogP contribution in [0.5, 0.6) is 0 Å². The summed E-state index contributed by atoms with van der Waals surface area (Å²) in [7, 11) is 0. The number of halogens is 2. The zero-order chi connectivity index (χ0) is 19.7. The molecule has 2 aromatic carbocycles. The summed E-state index contributed by atoms with van der Waals surface area (Å²) in [5.74, 6) is 0.00804. The molecule has 2 heterocycles. The third-order valence-corrected chi connectivity index (χ3v) is 6.56. The van der Waals surface area contributed by atoms with Crippen LogP contribution in [0.15, 0.2) is 61.2 Å². The molecule has 1 fully saturated rings. The van der Waals surface area contributed by atoms with Crippen molar-refractivity contribution in [2.45, 2.75) is 23.1 Å². The van der Waals surface area contributed by atoms with Gasteiger partial charge in [0.2, 0.25) is 0 Å². The van der Waals surface area contributed by atoms with E-state index >= 15 is 0 Å². The van der Waals surface area contributed by atoms with E-state index in [0.29, 0.717) is 5.56 Å². The summed E-state index contributed by atoms with van der Waals surface area (Å²) in [5.41, 5.74) is 3.73. The number of hydrogen-bond acceptors (Lipinski definition) is 2. The molecule has 3 nitrogen and oxygen atoms in total. The quantitative estimate of drug-likeness (QED) is 0.497. The summed E-state index contributed by atoms with van der Waals surface area (Å²) in [5, 5.41) is 0. The molecular formula is C23H24Cl2N2O. The first-order valence-corrected chi connectivity index (χ1v) is 10.5. The van der Waals surface area contributed by atoms with Crippen molar-refractivity contribution in [1.82, 2.24) is 4.90 Å². The van der Waals surface area contributed by atoms with Crippen LogP contribution in [-0.4, -0.2) is 37.0 Å². The largest absolute Gasteiger partial charge is 0.307 e. The van der Waals surface area contributed by atoms with Crippen LogP contribution in [0.2, 0.25) is 0 Å². The van der Waals surface area contributed by atoms with Crippen molar-refractivity contribution >= 4 is 34.8 Å². The van der Waals surface area contributed by atoms with Crippen LogP contribution < -0.4 is 4.90 Å². The van der Waals surface area contributed by atoms with Crippen LogP contribution in [0.4, 0.5) is 5.69 Å². The molecule has 4 rings (SSSR count). The van der Waals surface area contributed by atoms with Gasteiger partial charge in [-0.05, 0) is 55.3 Å². The molecule has 0 unspecified atom stereocenters. The number of anilines is 1. The van der Waals surface area contributed by atoms with Gasteiger partial charge >= 0.3 is 0 Å². The van der Waals surface area contributed by atoms with Gasteiger partial charge in [0.1, 0.15) is 4.84 Å². The van der Waals surface area contributed by atoms with Gasteiger partial charge in [0, 0.05) is 29.8 Å². The van der Waals surface area contributed by atoms with E-state index in [0.717, 1.165) is 50.3 Å². The monoisotopic (exact) mass is 414 g/mol. The lowest BCUT2D eigenvalue weighted by molar-refractivity contribution is 0.0977. The molecule has 1 spiro atoms. The highest BCUT2D eigenvalue weighted by atomic mass is 35.5. The number of carbonyl (C=O) groups excluding carboxylic acids is 1. The molecular weight excluding hydrogens is 391 g/mol. The fourth-order valence-corrected chi connectivity index (χ4v) is 4.82. The zero-order valence-corrected chi connectivity index (χ0v) is 17.3. The van der Waals surface area contributed by atoms with E-state index in [1.54, 1.807) is 6.07 Å². The van der Waals surface area contributed by atoms with Crippen molar-refractivity contribution < 1.29 is 4.79 Å². The second kappa shape index (κ2) is 7.90. The third-order valence-electron chi connectivity index (χ3n) is 6.06. The maximum atomic E-state index is 13.4. The van der Waals surface area contributed by atoms with Crippen molar-refractivity contribution in [3.8, 4) is 0 Å². The predicted molar refractivity (Wildman–Crippen MR) is 117 cm³/mol. The Morgan fingerprint density at radius 2 is 1.89 bits per heavy atom. The smallest absolute Gasteiger partial charge is 0.258 e. The fourth-order valence-electron chi connectivity index (χ4n) is 4.55. The van der Waals surface area contributed by atoms with Crippen molar-refractivity contribution in [2.75, 3.05) is 31.1 Å². The maximum absolute atomic E-state index is 13.4. The minimum Gasteiger partial charge on any atom is -0.307 e. The number of carbonyl (C=O) groups is 1. The topological polar surface area (TPSA) is 23.6 Å². The fraction of sp³-hybridized carbons (Fsp3) is 0.348. The van der Waals surface area contributed by atoms with Gasteiger partial charge in [-0.1, -0.05) is 36.4 Å². The number of fused-ring (bicyclic) bond motifs is 2. The maximum Gasteiger partial charge on any atom is 0.258 e. The highest BCUT2D eigenvalue weighted by Crippen LogP contribution is 2.47. The molecule has 1 saturated heterocycles. The highest BCUT2D eigenvalue weighted by Gasteiger charge is 2.46. The average Bonchev–Trinajstić information content (AvgIpc) is 3.04. The van der Waals surface area contributed by atoms with Crippen LogP contribution >= 0.6 is 23.2 Å². The van der Waals surface area contributed by atoms with Gasteiger partial charge in [0.15, 0.2) is 0 Å². The van der Waals surface area contributed by atoms with E-state index < -0.39 is 4.84 Å². The summed E-state index contributed by atoms with van der Waals surface area (Å²) in [6, 6.07) is 15.7. The number of likely N-dealkylation sites (tertiary alicyclic amines) is 1. The summed E-state index contributed by atoms with van der Waals surface area (Å²) >= 11 is 12.0. The number of amides is 1. The van der Waals surface area contributed by atoms with Gasteiger partial charge < -0.3 is 4.90 Å². The number of hydrogen-bond donors (Lipinski definition) is 0. The van der Waals surface area contributed by atoms with Crippen molar-refractivity contribution in [3.63, 3.8) is 0 Å². The lowest BCUT2D eigenvalue weighted by Gasteiger charge is -2.39. The molecule has 1 amide bonds. The normalized spacial score (nSPS) is 18.5. The van der Waals surface area contributed by atoms with E-state index in [-0.39, 0.29) is 11.3 Å². The molecule has 0 N–H and O–H groups in total. The lowest BCUT2D eigenvalue weighted by atomic mass is 9.74. The van der Waals surface area contributed by atoms with E-state index in [9.17, 15) is 4.79 Å². The third kappa shape index (κ3) is 3.47. The first-order chi connectivity index (χ1) is 13.5. The summed E-state index contributed by atoms with van der Waals surface area (Å²) < 4.78 is 0. The van der Waals surface area contributed by atoms with E-state index in [1.807, 2.05) is 35.2 Å². The molecule has 2 aromatic rings. The van der Waals surface area contributed by atoms with Gasteiger partial charge in [-0.25, -0.2) is 0 Å². The van der Waals surface area contributed by atoms with Crippen molar-refractivity contribution in [2.24, 2.45) is 0 Å². The van der Waals surface area contributed by atoms with E-state index in [4.69, 9.17) is 23.2 Å². The number of nitrogens with zero attached hydrogens (tertiary/aromatic N) is 2. The van der Waals surface area contributed by atoms with Gasteiger partial charge in [-0.3, -0.25) is 9.69 Å². The zero-order valence-electron chi connectivity index (χ0n) is 15.8. The molecule has 0 bridgehead atoms. The van der Waals surface area contributed by atoms with Crippen LogP contribution in [-0.2, 0) is 5.41 Å². The molecule has 5 heteroatoms. The number of alkyl halides is 2. The minimum absolute atomic E-state index is 0.00804. The van der Waals surface area contributed by atoms with E-state index in [2.05, 4.69) is 29.7 Å². The Morgan fingerprint density at radius 3 is 2.61 bits per heavy atom. The van der Waals surface area contributed by atoms with Crippen LogP contribution in [0.3, 0.4) is 0 Å². The molecule has 2 aliphatic rings. The number of piperidine rings is 1. The second-order valence-electron chi connectivity index (χ2n) is 7.70. The Hall–Kier alpha value is -1.81. The molecule has 28 heavy (non-hydrogen) atoms. The number of rotatable bonds is 4. The van der Waals surface area contributed by atoms with Gasteiger partial charge in [0.05, 0.1) is 0 Å². The molecule has 0 aromatic heterocycles. The summed E-state index contributed by atoms with van der Waals surface area (Å²) in [6.45, 7) is 7.55. The van der Waals surface area contributed by atoms with Gasteiger partial charge in [0.25, 0.3) is 5.91 Å². The highest BCUT2D eigenvalue weighted by molar-refractivity contribution is 6.44. The Morgan fingerprint density at radius 1 is 1.14 bits per heavy atom. The Kier molecular flexibility index (Phi) is 5.50. The number of para-hydroxylation sites is 1. The first kappa shape index (κ1) is 19.5. The molecule has 2 aliphatic heterocycles. The first-order valence-electron chi connectivity index (χ1n) is 9.67. The van der Waals surface area contributed by atoms with Gasteiger partial charge in [-0.15, -0.1) is 29.8 Å².